The average Bonchev–Trinajstić information content (AvgIpc) is 3.11. The van der Waals surface area contributed by atoms with E-state index in [1.54, 1.807) is 6.07 Å². The van der Waals surface area contributed by atoms with Crippen LogP contribution in [0.2, 0.25) is 0 Å². The lowest BCUT2D eigenvalue weighted by Crippen LogP contribution is -2.11. The lowest BCUT2D eigenvalue weighted by Gasteiger charge is -2.10. The van der Waals surface area contributed by atoms with Crippen LogP contribution in [0.3, 0.4) is 0 Å². The molecule has 1 N–H and O–H groups in total. The van der Waals surface area contributed by atoms with Crippen LogP contribution in [0, 0.1) is 6.92 Å². The normalized spacial score (nSPS) is 12.0. The van der Waals surface area contributed by atoms with Crippen LogP contribution in [0.1, 0.15) is 23.1 Å². The SMILES string of the molecule is CCc1ccc(-c2cc(C(F)(F)F)c3c(C)nn(CC(=O)O)c3n2)s1. The van der Waals surface area contributed by atoms with Crippen LogP contribution >= 0.6 is 11.3 Å². The summed E-state index contributed by atoms with van der Waals surface area (Å²) in [6, 6.07) is 4.58. The third-order valence-corrected chi connectivity index (χ3v) is 4.98. The molecule has 0 saturated carbocycles. The molecule has 0 radical (unpaired) electrons. The maximum absolute atomic E-state index is 13.6. The first-order valence-electron chi connectivity index (χ1n) is 7.47. The average molecular weight is 369 g/mol. The van der Waals surface area contributed by atoms with Gasteiger partial charge in [-0.1, -0.05) is 6.92 Å². The molecule has 25 heavy (non-hydrogen) atoms. The number of aryl methyl sites for hydroxylation is 2. The first kappa shape index (κ1) is 17.4. The summed E-state index contributed by atoms with van der Waals surface area (Å²) in [6.07, 6.45) is -3.82. The second kappa shape index (κ2) is 6.14. The van der Waals surface area contributed by atoms with Gasteiger partial charge in [-0.05, 0) is 31.5 Å². The molecule has 5 nitrogen and oxygen atoms in total. The summed E-state index contributed by atoms with van der Waals surface area (Å²) < 4.78 is 41.7. The Balaban J connectivity index is 2.30. The summed E-state index contributed by atoms with van der Waals surface area (Å²) in [5.74, 6) is -1.20. The minimum atomic E-state index is -4.59. The molecule has 0 aliphatic rings. The van der Waals surface area contributed by atoms with E-state index in [1.165, 1.54) is 18.3 Å². The highest BCUT2D eigenvalue weighted by Gasteiger charge is 2.36. The van der Waals surface area contributed by atoms with Gasteiger partial charge in [0.2, 0.25) is 0 Å². The number of hydrogen-bond acceptors (Lipinski definition) is 4. The van der Waals surface area contributed by atoms with Crippen molar-refractivity contribution >= 4 is 28.3 Å². The smallest absolute Gasteiger partial charge is 0.417 e. The maximum atomic E-state index is 13.6. The molecule has 0 spiro atoms. The van der Waals surface area contributed by atoms with Crippen molar-refractivity contribution in [2.45, 2.75) is 33.0 Å². The predicted molar refractivity (Wildman–Crippen MR) is 87.6 cm³/mol. The molecule has 0 aliphatic carbocycles. The van der Waals surface area contributed by atoms with Crippen molar-refractivity contribution in [3.63, 3.8) is 0 Å². The van der Waals surface area contributed by atoms with E-state index in [0.29, 0.717) is 4.88 Å². The van der Waals surface area contributed by atoms with E-state index in [-0.39, 0.29) is 22.4 Å². The van der Waals surface area contributed by atoms with Gasteiger partial charge >= 0.3 is 12.1 Å². The largest absolute Gasteiger partial charge is 0.480 e. The number of fused-ring (bicyclic) bond motifs is 1. The number of aromatic nitrogens is 3. The predicted octanol–water partition coefficient (Wildman–Crippen LogP) is 4.13. The molecule has 0 unspecified atom stereocenters. The molecule has 3 rings (SSSR count). The number of rotatable bonds is 4. The number of carboxylic acid groups (broad SMARTS) is 1. The van der Waals surface area contributed by atoms with E-state index in [9.17, 15) is 18.0 Å². The molecule has 0 fully saturated rings. The molecular formula is C16H14F3N3O2S. The Morgan fingerprint density at radius 2 is 2.08 bits per heavy atom. The second-order valence-corrected chi connectivity index (χ2v) is 6.68. The van der Waals surface area contributed by atoms with E-state index >= 15 is 0 Å². The number of aliphatic carboxylic acids is 1. The highest BCUT2D eigenvalue weighted by atomic mass is 32.1. The molecule has 3 aromatic rings. The van der Waals surface area contributed by atoms with E-state index in [1.807, 2.05) is 13.0 Å². The number of nitrogens with zero attached hydrogens (tertiary/aromatic N) is 3. The van der Waals surface area contributed by atoms with Crippen molar-refractivity contribution in [1.82, 2.24) is 14.8 Å². The van der Waals surface area contributed by atoms with Gasteiger partial charge in [-0.25, -0.2) is 9.67 Å². The Morgan fingerprint density at radius 1 is 1.36 bits per heavy atom. The molecule has 132 valence electrons. The van der Waals surface area contributed by atoms with E-state index in [2.05, 4.69) is 10.1 Å². The van der Waals surface area contributed by atoms with Crippen LogP contribution in [0.5, 0.6) is 0 Å². The Labute approximate surface area is 144 Å². The summed E-state index contributed by atoms with van der Waals surface area (Å²) in [7, 11) is 0. The number of carbonyl (C=O) groups is 1. The van der Waals surface area contributed by atoms with Crippen molar-refractivity contribution in [3.05, 3.63) is 34.3 Å². The van der Waals surface area contributed by atoms with Gasteiger partial charge in [0.15, 0.2) is 5.65 Å². The monoisotopic (exact) mass is 369 g/mol. The molecule has 0 aromatic carbocycles. The Bertz CT molecular complexity index is 960. The highest BCUT2D eigenvalue weighted by molar-refractivity contribution is 7.15. The van der Waals surface area contributed by atoms with Crippen LogP contribution in [0.25, 0.3) is 21.6 Å². The number of halogens is 3. The van der Waals surface area contributed by atoms with E-state index in [0.717, 1.165) is 22.0 Å². The number of carboxylic acids is 1. The van der Waals surface area contributed by atoms with Crippen molar-refractivity contribution in [3.8, 4) is 10.6 Å². The molecule has 0 aliphatic heterocycles. The van der Waals surface area contributed by atoms with Crippen molar-refractivity contribution in [2.24, 2.45) is 0 Å². The summed E-state index contributed by atoms with van der Waals surface area (Å²) in [5, 5.41) is 12.8. The van der Waals surface area contributed by atoms with Gasteiger partial charge in [0.25, 0.3) is 0 Å². The van der Waals surface area contributed by atoms with Crippen LogP contribution in [-0.4, -0.2) is 25.8 Å². The van der Waals surface area contributed by atoms with Crippen molar-refractivity contribution < 1.29 is 23.1 Å². The Kier molecular flexibility index (Phi) is 4.28. The van der Waals surface area contributed by atoms with Gasteiger partial charge in [0.05, 0.1) is 27.2 Å². The molecule has 9 heteroatoms. The summed E-state index contributed by atoms with van der Waals surface area (Å²) in [5.41, 5.74) is -0.664. The number of pyridine rings is 1. The summed E-state index contributed by atoms with van der Waals surface area (Å²) >= 11 is 1.36. The zero-order chi connectivity index (χ0) is 18.4. The fourth-order valence-electron chi connectivity index (χ4n) is 2.65. The Hall–Kier alpha value is -2.42. The highest BCUT2D eigenvalue weighted by Crippen LogP contribution is 2.39. The second-order valence-electron chi connectivity index (χ2n) is 5.51. The minimum Gasteiger partial charge on any atom is -0.480 e. The zero-order valence-corrected chi connectivity index (χ0v) is 14.2. The van der Waals surface area contributed by atoms with Gasteiger partial charge in [-0.2, -0.15) is 18.3 Å². The fourth-order valence-corrected chi connectivity index (χ4v) is 3.56. The minimum absolute atomic E-state index is 0.0730. The first-order chi connectivity index (χ1) is 11.7. The van der Waals surface area contributed by atoms with Gasteiger partial charge in [-0.15, -0.1) is 11.3 Å². The van der Waals surface area contributed by atoms with Crippen LogP contribution in [0.15, 0.2) is 18.2 Å². The van der Waals surface area contributed by atoms with Gasteiger partial charge in [0.1, 0.15) is 6.54 Å². The summed E-state index contributed by atoms with van der Waals surface area (Å²) in [6.45, 7) is 2.82. The topological polar surface area (TPSA) is 68.0 Å². The van der Waals surface area contributed by atoms with Crippen molar-refractivity contribution in [2.75, 3.05) is 0 Å². The number of alkyl halides is 3. The Morgan fingerprint density at radius 3 is 2.64 bits per heavy atom. The summed E-state index contributed by atoms with van der Waals surface area (Å²) in [4.78, 5) is 16.9. The van der Waals surface area contributed by atoms with E-state index in [4.69, 9.17) is 5.11 Å². The molecule has 3 heterocycles. The molecular weight excluding hydrogens is 355 g/mol. The van der Waals surface area contributed by atoms with Gasteiger partial charge < -0.3 is 5.11 Å². The van der Waals surface area contributed by atoms with Gasteiger partial charge in [-0.3, -0.25) is 4.79 Å². The van der Waals surface area contributed by atoms with Gasteiger partial charge in [0, 0.05) is 4.88 Å². The lowest BCUT2D eigenvalue weighted by molar-refractivity contribution is -0.138. The van der Waals surface area contributed by atoms with Crippen LogP contribution < -0.4 is 0 Å². The van der Waals surface area contributed by atoms with Crippen molar-refractivity contribution in [1.29, 1.82) is 0 Å². The number of thiophene rings is 1. The quantitative estimate of drug-likeness (QED) is 0.751. The number of hydrogen-bond donors (Lipinski definition) is 1. The molecule has 0 amide bonds. The van der Waals surface area contributed by atoms with E-state index < -0.39 is 24.3 Å². The molecule has 0 atom stereocenters. The van der Waals surface area contributed by atoms with Crippen LogP contribution in [0.4, 0.5) is 13.2 Å². The first-order valence-corrected chi connectivity index (χ1v) is 8.28. The third-order valence-electron chi connectivity index (χ3n) is 3.73. The fraction of sp³-hybridized carbons (Fsp3) is 0.312. The molecule has 0 saturated heterocycles. The maximum Gasteiger partial charge on any atom is 0.417 e. The zero-order valence-electron chi connectivity index (χ0n) is 13.4. The molecule has 3 aromatic heterocycles. The third kappa shape index (κ3) is 3.23. The standard InChI is InChI=1S/C16H14F3N3O2S/c1-3-9-4-5-12(25-9)11-6-10(16(17,18)19)14-8(2)21-22(7-13(23)24)15(14)20-11/h4-6H,3,7H2,1-2H3,(H,23,24). The lowest BCUT2D eigenvalue weighted by atomic mass is 10.1. The van der Waals surface area contributed by atoms with Crippen LogP contribution in [-0.2, 0) is 23.9 Å². The molecule has 0 bridgehead atoms.